The Kier molecular flexibility index (Phi) is 3.97. The number of ketones is 1. The second kappa shape index (κ2) is 5.50. The number of H-pyrrole nitrogens is 1. The lowest BCUT2D eigenvalue weighted by atomic mass is 9.98. The summed E-state index contributed by atoms with van der Waals surface area (Å²) in [5.41, 5.74) is 6.20. The molecule has 1 heterocycles. The largest absolute Gasteiger partial charge is 0.324 e. The maximum absolute atomic E-state index is 14.4. The number of hydrogen-bond acceptors (Lipinski definition) is 3. The fraction of sp³-hybridized carbons (Fsp3) is 0.231. The number of nitrogens with one attached hydrogen (secondary N) is 1. The number of carbonyl (C=O) groups is 1. The first-order chi connectivity index (χ1) is 9.06. The summed E-state index contributed by atoms with van der Waals surface area (Å²) in [5, 5.41) is 6.24. The maximum Gasteiger partial charge on any atom is 0.200 e. The summed E-state index contributed by atoms with van der Waals surface area (Å²) in [6.45, 7) is 1.84. The van der Waals surface area contributed by atoms with Crippen molar-refractivity contribution in [1.82, 2.24) is 10.2 Å². The van der Waals surface area contributed by atoms with Crippen LogP contribution in [-0.2, 0) is 0 Å². The van der Waals surface area contributed by atoms with Crippen molar-refractivity contribution >= 4 is 17.4 Å². The van der Waals surface area contributed by atoms with Crippen LogP contribution < -0.4 is 5.73 Å². The molecule has 0 amide bonds. The van der Waals surface area contributed by atoms with Crippen LogP contribution in [0.3, 0.4) is 0 Å². The van der Waals surface area contributed by atoms with E-state index in [2.05, 4.69) is 10.2 Å². The molecular formula is C13H21ClFN3O. The average Bonchev–Trinajstić information content (AvgIpc) is 2.91. The molecule has 0 unspecified atom stereocenters. The molecule has 1 aromatic carbocycles. The van der Waals surface area contributed by atoms with E-state index in [0.29, 0.717) is 12.0 Å². The summed E-state index contributed by atoms with van der Waals surface area (Å²) < 4.78 is 14.4. The highest BCUT2D eigenvalue weighted by molar-refractivity contribution is 6.35. The fourth-order valence-electron chi connectivity index (χ4n) is 1.80. The number of aromatic nitrogens is 2. The number of nitrogens with zero attached hydrogens (tertiary/aromatic N) is 1. The minimum Gasteiger partial charge on any atom is -0.324 e. The van der Waals surface area contributed by atoms with Gasteiger partial charge in [-0.2, -0.15) is 5.10 Å². The van der Waals surface area contributed by atoms with Gasteiger partial charge in [0.1, 0.15) is 5.82 Å². The Morgan fingerprint density at radius 3 is 2.95 bits per heavy atom. The van der Waals surface area contributed by atoms with Gasteiger partial charge < -0.3 is 5.73 Å². The minimum absolute atomic E-state index is 0. The first kappa shape index (κ1) is 13.7. The van der Waals surface area contributed by atoms with Crippen LogP contribution in [0.5, 0.6) is 0 Å². The molecule has 0 saturated heterocycles. The number of hydrogen-bond donors (Lipinski definition) is 2. The standard InChI is InChI=1S/C13H13ClFN3O.4H2/c1-2-10(16)8-3-4-9(14)11(12(8)15)13(19)7-5-17-18-6-7;;;;/h3-6,10H,2,16H2,1H3,(H,17,18);4*1H/t10-;;;;/m1..../s1. The van der Waals surface area contributed by atoms with Crippen LogP contribution in [0.1, 0.15) is 46.6 Å². The van der Waals surface area contributed by atoms with Gasteiger partial charge in [-0.25, -0.2) is 4.39 Å². The highest BCUT2D eigenvalue weighted by Crippen LogP contribution is 2.28. The molecule has 19 heavy (non-hydrogen) atoms. The third-order valence-electron chi connectivity index (χ3n) is 2.95. The summed E-state index contributed by atoms with van der Waals surface area (Å²) in [4.78, 5) is 12.2. The fourth-order valence-corrected chi connectivity index (χ4v) is 2.03. The van der Waals surface area contributed by atoms with Crippen LogP contribution in [0.25, 0.3) is 0 Å². The first-order valence-corrected chi connectivity index (χ1v) is 6.21. The van der Waals surface area contributed by atoms with E-state index < -0.39 is 17.6 Å². The van der Waals surface area contributed by atoms with E-state index in [1.807, 2.05) is 6.92 Å². The quantitative estimate of drug-likeness (QED) is 0.840. The molecule has 1 atom stereocenters. The van der Waals surface area contributed by atoms with Crippen molar-refractivity contribution in [3.63, 3.8) is 0 Å². The van der Waals surface area contributed by atoms with Gasteiger partial charge in [-0.1, -0.05) is 24.6 Å². The molecule has 0 bridgehead atoms. The summed E-state index contributed by atoms with van der Waals surface area (Å²) in [6.07, 6.45) is 3.28. The van der Waals surface area contributed by atoms with Gasteiger partial charge in [0.05, 0.1) is 22.3 Å². The molecule has 2 aromatic rings. The molecule has 6 heteroatoms. The van der Waals surface area contributed by atoms with Crippen LogP contribution in [-0.4, -0.2) is 16.0 Å². The predicted octanol–water partition coefficient (Wildman–Crippen LogP) is 3.83. The molecule has 0 aliphatic carbocycles. The number of rotatable bonds is 4. The van der Waals surface area contributed by atoms with Gasteiger partial charge in [0.15, 0.2) is 0 Å². The molecule has 4 nitrogen and oxygen atoms in total. The third kappa shape index (κ3) is 2.52. The Balaban J connectivity index is -0.000001000. The summed E-state index contributed by atoms with van der Waals surface area (Å²) in [5.74, 6) is -1.17. The van der Waals surface area contributed by atoms with Gasteiger partial charge in [0.25, 0.3) is 0 Å². The maximum atomic E-state index is 14.4. The summed E-state index contributed by atoms with van der Waals surface area (Å²) in [6, 6.07) is 2.54. The SMILES string of the molecule is CC[C@@H](N)c1ccc(Cl)c(C(=O)c2cn[nH]c2)c1F.[HH].[HH].[HH].[HH]. The zero-order valence-electron chi connectivity index (χ0n) is 10.3. The van der Waals surface area contributed by atoms with Crippen molar-refractivity contribution in [1.29, 1.82) is 0 Å². The van der Waals surface area contributed by atoms with Crippen LogP contribution in [0.4, 0.5) is 4.39 Å². The summed E-state index contributed by atoms with van der Waals surface area (Å²) >= 11 is 5.93. The molecule has 108 valence electrons. The van der Waals surface area contributed by atoms with Gasteiger partial charge in [0.2, 0.25) is 5.78 Å². The van der Waals surface area contributed by atoms with Crippen LogP contribution in [0, 0.1) is 5.82 Å². The van der Waals surface area contributed by atoms with E-state index in [1.54, 1.807) is 0 Å². The van der Waals surface area contributed by atoms with E-state index in [-0.39, 0.29) is 21.9 Å². The Morgan fingerprint density at radius 1 is 1.63 bits per heavy atom. The lowest BCUT2D eigenvalue weighted by molar-refractivity contribution is 0.103. The van der Waals surface area contributed by atoms with Crippen molar-refractivity contribution in [3.05, 3.63) is 52.1 Å². The number of carbonyl (C=O) groups excluding carboxylic acids is 1. The molecule has 0 aliphatic heterocycles. The van der Waals surface area contributed by atoms with Crippen molar-refractivity contribution < 1.29 is 14.9 Å². The minimum atomic E-state index is -0.659. The predicted molar refractivity (Wildman–Crippen MR) is 79.1 cm³/mol. The molecule has 0 fully saturated rings. The van der Waals surface area contributed by atoms with Crippen LogP contribution in [0.15, 0.2) is 24.5 Å². The van der Waals surface area contributed by atoms with Crippen molar-refractivity contribution in [2.75, 3.05) is 0 Å². The number of nitrogens with two attached hydrogens (primary N) is 1. The second-order valence-corrected chi connectivity index (χ2v) is 4.56. The normalized spacial score (nSPS) is 12.4. The Hall–Kier alpha value is -1.72. The zero-order valence-corrected chi connectivity index (χ0v) is 11.0. The molecule has 0 radical (unpaired) electrons. The Bertz CT molecular complexity index is 614. The number of halogens is 2. The molecule has 0 spiro atoms. The number of aromatic amines is 1. The highest BCUT2D eigenvalue weighted by atomic mass is 35.5. The smallest absolute Gasteiger partial charge is 0.200 e. The Labute approximate surface area is 120 Å². The lowest BCUT2D eigenvalue weighted by Gasteiger charge is -2.13. The third-order valence-corrected chi connectivity index (χ3v) is 3.26. The second-order valence-electron chi connectivity index (χ2n) is 4.16. The van der Waals surface area contributed by atoms with Crippen LogP contribution in [0.2, 0.25) is 5.02 Å². The van der Waals surface area contributed by atoms with Gasteiger partial charge in [-0.05, 0) is 12.5 Å². The first-order valence-electron chi connectivity index (χ1n) is 5.83. The van der Waals surface area contributed by atoms with Crippen LogP contribution >= 0.6 is 11.6 Å². The van der Waals surface area contributed by atoms with Crippen molar-refractivity contribution in [3.8, 4) is 0 Å². The average molecular weight is 290 g/mol. The lowest BCUT2D eigenvalue weighted by Crippen LogP contribution is -2.14. The van der Waals surface area contributed by atoms with Gasteiger partial charge in [0, 0.05) is 23.5 Å². The highest BCUT2D eigenvalue weighted by Gasteiger charge is 2.23. The van der Waals surface area contributed by atoms with Crippen molar-refractivity contribution in [2.45, 2.75) is 19.4 Å². The zero-order chi connectivity index (χ0) is 14.0. The molecule has 1 aromatic heterocycles. The van der Waals surface area contributed by atoms with Gasteiger partial charge in [-0.15, -0.1) is 0 Å². The molecule has 0 aliphatic rings. The van der Waals surface area contributed by atoms with E-state index in [4.69, 9.17) is 17.3 Å². The summed E-state index contributed by atoms with van der Waals surface area (Å²) in [7, 11) is 0. The molecule has 3 N–H and O–H groups in total. The van der Waals surface area contributed by atoms with E-state index in [0.717, 1.165) is 0 Å². The van der Waals surface area contributed by atoms with Crippen molar-refractivity contribution in [2.24, 2.45) is 5.73 Å². The van der Waals surface area contributed by atoms with E-state index >= 15 is 0 Å². The van der Waals surface area contributed by atoms with E-state index in [9.17, 15) is 9.18 Å². The monoisotopic (exact) mass is 289 g/mol. The molecule has 2 rings (SSSR count). The number of benzene rings is 1. The van der Waals surface area contributed by atoms with Gasteiger partial charge >= 0.3 is 0 Å². The van der Waals surface area contributed by atoms with E-state index in [1.165, 1.54) is 24.5 Å². The molecule has 0 saturated carbocycles. The molecular weight excluding hydrogens is 269 g/mol. The van der Waals surface area contributed by atoms with Gasteiger partial charge in [-0.3, -0.25) is 9.89 Å². The Morgan fingerprint density at radius 2 is 2.37 bits per heavy atom. The topological polar surface area (TPSA) is 71.8 Å².